The molecule has 2 N–H and O–H groups in total. The molecule has 1 aromatic carbocycles. The average molecular weight is 349 g/mol. The number of hydrogen-bond acceptors (Lipinski definition) is 3. The van der Waals surface area contributed by atoms with E-state index in [1.54, 1.807) is 12.1 Å². The summed E-state index contributed by atoms with van der Waals surface area (Å²) in [6.07, 6.45) is 1.52. The van der Waals surface area contributed by atoms with E-state index < -0.39 is 15.9 Å². The molecule has 0 bridgehead atoms. The van der Waals surface area contributed by atoms with Crippen molar-refractivity contribution in [2.45, 2.75) is 24.7 Å². The number of halogens is 1. The lowest BCUT2D eigenvalue weighted by Crippen LogP contribution is -2.39. The van der Waals surface area contributed by atoms with E-state index in [2.05, 4.69) is 15.9 Å². The second kappa shape index (κ2) is 7.02. The molecule has 7 heteroatoms. The molecule has 1 rings (SSSR count). The highest BCUT2D eigenvalue weighted by molar-refractivity contribution is 9.10. The summed E-state index contributed by atoms with van der Waals surface area (Å²) in [5.74, 6) is -0.658. The monoisotopic (exact) mass is 348 g/mol. The number of carbonyl (C=O) groups excluding carboxylic acids is 1. The zero-order valence-corrected chi connectivity index (χ0v) is 13.1. The third-order valence-electron chi connectivity index (χ3n) is 2.53. The molecule has 0 aliphatic heterocycles. The molecule has 0 heterocycles. The Hall–Kier alpha value is -0.920. The fraction of sp³-hybridized carbons (Fsp3) is 0.417. The van der Waals surface area contributed by atoms with Crippen molar-refractivity contribution in [1.82, 2.24) is 4.31 Å². The Kier molecular flexibility index (Phi) is 5.96. The highest BCUT2D eigenvalue weighted by Gasteiger charge is 2.25. The summed E-state index contributed by atoms with van der Waals surface area (Å²) >= 11 is 3.23. The van der Waals surface area contributed by atoms with E-state index in [0.29, 0.717) is 10.9 Å². The Bertz CT molecular complexity index is 546. The second-order valence-electron chi connectivity index (χ2n) is 4.12. The highest BCUT2D eigenvalue weighted by Crippen LogP contribution is 2.20. The van der Waals surface area contributed by atoms with Crippen molar-refractivity contribution in [2.24, 2.45) is 5.73 Å². The lowest BCUT2D eigenvalue weighted by molar-refractivity contribution is -0.118. The van der Waals surface area contributed by atoms with Crippen LogP contribution in [0.5, 0.6) is 0 Å². The maximum Gasteiger partial charge on any atom is 0.243 e. The van der Waals surface area contributed by atoms with Crippen LogP contribution in [0.4, 0.5) is 0 Å². The van der Waals surface area contributed by atoms with Crippen molar-refractivity contribution < 1.29 is 13.2 Å². The zero-order chi connectivity index (χ0) is 14.5. The number of hydrogen-bond donors (Lipinski definition) is 1. The van der Waals surface area contributed by atoms with E-state index in [0.717, 1.165) is 10.7 Å². The van der Waals surface area contributed by atoms with E-state index in [1.807, 2.05) is 6.92 Å². The molecule has 0 spiro atoms. The molecule has 0 aliphatic carbocycles. The number of primary amides is 1. The van der Waals surface area contributed by atoms with Crippen molar-refractivity contribution in [2.75, 3.05) is 13.1 Å². The van der Waals surface area contributed by atoms with Gasteiger partial charge in [-0.15, -0.1) is 0 Å². The smallest absolute Gasteiger partial charge is 0.243 e. The van der Waals surface area contributed by atoms with Crippen LogP contribution in [0.25, 0.3) is 0 Å². The number of rotatable bonds is 7. The quantitative estimate of drug-likeness (QED) is 0.814. The van der Waals surface area contributed by atoms with E-state index in [-0.39, 0.29) is 18.0 Å². The molecule has 0 saturated heterocycles. The normalized spacial score (nSPS) is 11.7. The summed E-state index contributed by atoms with van der Waals surface area (Å²) in [5, 5.41) is 0. The summed E-state index contributed by atoms with van der Waals surface area (Å²) in [5.41, 5.74) is 5.12. The van der Waals surface area contributed by atoms with E-state index >= 15 is 0 Å². The van der Waals surface area contributed by atoms with Crippen molar-refractivity contribution in [3.05, 3.63) is 28.7 Å². The van der Waals surface area contributed by atoms with Gasteiger partial charge in [-0.2, -0.15) is 4.31 Å². The minimum Gasteiger partial charge on any atom is -0.369 e. The van der Waals surface area contributed by atoms with Gasteiger partial charge in [0.15, 0.2) is 0 Å². The van der Waals surface area contributed by atoms with Crippen LogP contribution in [0.15, 0.2) is 33.6 Å². The van der Waals surface area contributed by atoms with Gasteiger partial charge in [0.05, 0.1) is 11.4 Å². The van der Waals surface area contributed by atoms with Gasteiger partial charge in [-0.25, -0.2) is 8.42 Å². The number of carbonyl (C=O) groups is 1. The molecule has 0 unspecified atom stereocenters. The van der Waals surface area contributed by atoms with Crippen molar-refractivity contribution >= 4 is 31.9 Å². The average Bonchev–Trinajstić information content (AvgIpc) is 2.34. The summed E-state index contributed by atoms with van der Waals surface area (Å²) in [7, 11) is -3.69. The SMILES string of the molecule is CCCCN(CC(N)=O)S(=O)(=O)c1cccc(Br)c1. The van der Waals surface area contributed by atoms with Gasteiger partial charge < -0.3 is 5.73 Å². The van der Waals surface area contributed by atoms with Gasteiger partial charge >= 0.3 is 0 Å². The predicted octanol–water partition coefficient (Wildman–Crippen LogP) is 1.73. The molecular weight excluding hydrogens is 332 g/mol. The van der Waals surface area contributed by atoms with Gasteiger partial charge in [0.1, 0.15) is 0 Å². The van der Waals surface area contributed by atoms with Crippen molar-refractivity contribution in [1.29, 1.82) is 0 Å². The van der Waals surface area contributed by atoms with E-state index in [4.69, 9.17) is 5.73 Å². The van der Waals surface area contributed by atoms with Crippen LogP contribution in [-0.4, -0.2) is 31.7 Å². The summed E-state index contributed by atoms with van der Waals surface area (Å²) in [6, 6.07) is 6.39. The molecule has 1 amide bonds. The number of unbranched alkanes of at least 4 members (excludes halogenated alkanes) is 1. The van der Waals surface area contributed by atoms with Crippen LogP contribution in [0.2, 0.25) is 0 Å². The predicted molar refractivity (Wildman–Crippen MR) is 77.0 cm³/mol. The van der Waals surface area contributed by atoms with Crippen LogP contribution in [0.1, 0.15) is 19.8 Å². The molecule has 0 aromatic heterocycles. The second-order valence-corrected chi connectivity index (χ2v) is 6.97. The number of sulfonamides is 1. The summed E-state index contributed by atoms with van der Waals surface area (Å²) < 4.78 is 26.6. The molecule has 0 aliphatic rings. The summed E-state index contributed by atoms with van der Waals surface area (Å²) in [6.45, 7) is 1.94. The first kappa shape index (κ1) is 16.1. The third kappa shape index (κ3) is 4.59. The van der Waals surface area contributed by atoms with Crippen LogP contribution < -0.4 is 5.73 Å². The minimum absolute atomic E-state index is 0.152. The van der Waals surface area contributed by atoms with Crippen LogP contribution in [0.3, 0.4) is 0 Å². The van der Waals surface area contributed by atoms with Crippen molar-refractivity contribution in [3.8, 4) is 0 Å². The minimum atomic E-state index is -3.69. The number of nitrogens with two attached hydrogens (primary N) is 1. The lowest BCUT2D eigenvalue weighted by Gasteiger charge is -2.20. The van der Waals surface area contributed by atoms with E-state index in [9.17, 15) is 13.2 Å². The maximum atomic E-state index is 12.4. The molecule has 106 valence electrons. The molecular formula is C12H17BrN2O3S. The zero-order valence-electron chi connectivity index (χ0n) is 10.7. The Balaban J connectivity index is 3.07. The fourth-order valence-electron chi connectivity index (χ4n) is 1.57. The van der Waals surface area contributed by atoms with Gasteiger partial charge in [0.2, 0.25) is 15.9 Å². The highest BCUT2D eigenvalue weighted by atomic mass is 79.9. The first-order valence-electron chi connectivity index (χ1n) is 5.92. The number of nitrogens with zero attached hydrogens (tertiary/aromatic N) is 1. The lowest BCUT2D eigenvalue weighted by atomic mass is 10.3. The molecule has 0 saturated carbocycles. The molecule has 0 fully saturated rings. The van der Waals surface area contributed by atoms with E-state index in [1.165, 1.54) is 12.1 Å². The fourth-order valence-corrected chi connectivity index (χ4v) is 3.61. The molecule has 0 atom stereocenters. The first-order valence-corrected chi connectivity index (χ1v) is 8.15. The maximum absolute atomic E-state index is 12.4. The first-order chi connectivity index (χ1) is 8.87. The van der Waals surface area contributed by atoms with Gasteiger partial charge in [-0.05, 0) is 24.6 Å². The van der Waals surface area contributed by atoms with Gasteiger partial charge in [0.25, 0.3) is 0 Å². The van der Waals surface area contributed by atoms with Gasteiger partial charge in [-0.3, -0.25) is 4.79 Å². The van der Waals surface area contributed by atoms with Gasteiger partial charge in [0, 0.05) is 11.0 Å². The Morgan fingerprint density at radius 3 is 2.63 bits per heavy atom. The Labute approximate surface area is 122 Å². The van der Waals surface area contributed by atoms with Crippen LogP contribution >= 0.6 is 15.9 Å². The van der Waals surface area contributed by atoms with Crippen LogP contribution in [0, 0.1) is 0 Å². The van der Waals surface area contributed by atoms with Gasteiger partial charge in [-0.1, -0.05) is 35.3 Å². The third-order valence-corrected chi connectivity index (χ3v) is 4.86. The topological polar surface area (TPSA) is 80.5 Å². The largest absolute Gasteiger partial charge is 0.369 e. The number of amides is 1. The number of benzene rings is 1. The Morgan fingerprint density at radius 1 is 1.42 bits per heavy atom. The summed E-state index contributed by atoms with van der Waals surface area (Å²) in [4.78, 5) is 11.2. The molecule has 1 aromatic rings. The molecule has 5 nitrogen and oxygen atoms in total. The Morgan fingerprint density at radius 2 is 2.11 bits per heavy atom. The molecule has 19 heavy (non-hydrogen) atoms. The van der Waals surface area contributed by atoms with Crippen LogP contribution in [-0.2, 0) is 14.8 Å². The molecule has 0 radical (unpaired) electrons. The standard InChI is InChI=1S/C12H17BrN2O3S/c1-2-3-7-15(9-12(14)16)19(17,18)11-6-4-5-10(13)8-11/h4-6,8H,2-3,7,9H2,1H3,(H2,14,16). The van der Waals surface area contributed by atoms with Crippen molar-refractivity contribution in [3.63, 3.8) is 0 Å².